The van der Waals surface area contributed by atoms with Crippen LogP contribution in [0, 0.1) is 17.8 Å². The van der Waals surface area contributed by atoms with Gasteiger partial charge >= 0.3 is 12.1 Å². The number of carboxylic acid groups (broad SMARTS) is 1. The first-order valence-electron chi connectivity index (χ1n) is 31.4. The number of allylic oxidation sites excluding steroid dienone is 1. The van der Waals surface area contributed by atoms with E-state index in [2.05, 4.69) is 66.9 Å². The van der Waals surface area contributed by atoms with E-state index in [1.54, 1.807) is 52.0 Å². The number of amides is 3. The number of anilines is 1. The minimum absolute atomic E-state index is 0.0242. The van der Waals surface area contributed by atoms with Gasteiger partial charge in [-0.15, -0.1) is 0 Å². The number of pyridine rings is 4. The van der Waals surface area contributed by atoms with Crippen molar-refractivity contribution in [3.05, 3.63) is 180 Å². The third kappa shape index (κ3) is 20.0. The van der Waals surface area contributed by atoms with Crippen molar-refractivity contribution in [3.8, 4) is 0 Å². The average molecular weight is 1300 g/mol. The lowest BCUT2D eigenvalue weighted by Gasteiger charge is -2.33. The highest BCUT2D eigenvalue weighted by Crippen LogP contribution is 2.34. The number of carbonyl (C=O) groups is 5. The summed E-state index contributed by atoms with van der Waals surface area (Å²) < 4.78 is 16.1. The molecule has 8 aromatic rings. The third-order valence-electron chi connectivity index (χ3n) is 15.9. The molecular weight excluding hydrogens is 1220 g/mol. The molecular formula is C69H78ClN15O9. The number of aldehydes is 1. The molecule has 24 nitrogen and oxygen atoms in total. The summed E-state index contributed by atoms with van der Waals surface area (Å²) in [4.78, 5) is 86.3. The minimum Gasteiger partial charge on any atom is -0.481 e. The maximum absolute atomic E-state index is 13.1. The first-order chi connectivity index (χ1) is 45.7. The van der Waals surface area contributed by atoms with E-state index < -0.39 is 11.6 Å². The Morgan fingerprint density at radius 1 is 0.606 bits per heavy atom. The highest BCUT2D eigenvalue weighted by atomic mass is 35.5. The molecule has 25 heteroatoms. The lowest BCUT2D eigenvalue weighted by atomic mass is 9.95. The zero-order valence-electron chi connectivity index (χ0n) is 52.8. The van der Waals surface area contributed by atoms with Crippen molar-refractivity contribution < 1.29 is 42.7 Å². The molecule has 6 aromatic heterocycles. The second-order valence-electron chi connectivity index (χ2n) is 23.6. The summed E-state index contributed by atoms with van der Waals surface area (Å²) in [7, 11) is 0. The second-order valence-corrected chi connectivity index (χ2v) is 23.9. The monoisotopic (exact) mass is 1300 g/mol. The number of oxazole rings is 2. The maximum atomic E-state index is 13.1. The van der Waals surface area contributed by atoms with Crippen molar-refractivity contribution in [1.82, 2.24) is 55.6 Å². The molecule has 0 bridgehead atoms. The standard InChI is InChI=1S/C21H21N5O2.C14H18N4O.C11H19NO4.C8H9N3.C8H7NO.C7H4ClNO/c27-20(26-18(7-11-23-26)16-4-3-10-22-14-16)15-8-12-25(13-9-15)21-24-17-5-1-2-6-19(17)28-21;19-14(11-3-7-15-8-4-11)18-13(5-9-17-18)12-2-1-6-16-10-12;1-11(2,3)16-10(15)12-6-4-8(5-7-12)9(13)14;1-2-7(6-9-4-1)8-3-5-10-11-8;10-6-2-4-8-3-1-5-9-7-8;8-7-9-5-3-1-2-4-6(5)10-7/h1-6,10-11,14-15,18H,7-9,12-13H2;1-2,6,9-11,13,15H,3-5,7-8H2;8H,4-7H2,1-3H3,(H,13,14);1-2,4-6,8,11H,3H2;1-7H;1-4H/b;;;;4-2+;. The predicted molar refractivity (Wildman–Crippen MR) is 358 cm³/mol. The predicted octanol–water partition coefficient (Wildman–Crippen LogP) is 11.3. The van der Waals surface area contributed by atoms with Crippen LogP contribution in [0.4, 0.5) is 10.8 Å². The summed E-state index contributed by atoms with van der Waals surface area (Å²) in [5, 5.41) is 28.2. The number of hydrogen-bond donors (Lipinski definition) is 3. The van der Waals surface area contributed by atoms with Gasteiger partial charge in [0, 0.05) is 125 Å². The average Bonchev–Trinajstić information content (AvgIpc) is 1.65. The molecule has 3 fully saturated rings. The van der Waals surface area contributed by atoms with Crippen molar-refractivity contribution >= 4 is 94.7 Å². The highest BCUT2D eigenvalue weighted by molar-refractivity contribution is 6.28. The van der Waals surface area contributed by atoms with Crippen LogP contribution < -0.4 is 15.6 Å². The Kier molecular flexibility index (Phi) is 25.1. The highest BCUT2D eigenvalue weighted by Gasteiger charge is 2.37. The molecule has 12 heterocycles. The first kappa shape index (κ1) is 68.3. The Hall–Kier alpha value is -10.1. The molecule has 490 valence electrons. The van der Waals surface area contributed by atoms with Crippen LogP contribution in [-0.2, 0) is 23.9 Å². The maximum Gasteiger partial charge on any atom is 0.410 e. The van der Waals surface area contributed by atoms with E-state index in [4.69, 9.17) is 30.3 Å². The zero-order chi connectivity index (χ0) is 66.1. The molecule has 0 radical (unpaired) electrons. The number of nitrogens with one attached hydrogen (secondary N) is 2. The van der Waals surface area contributed by atoms with Crippen molar-refractivity contribution in [2.24, 2.45) is 33.1 Å². The van der Waals surface area contributed by atoms with E-state index in [9.17, 15) is 24.0 Å². The van der Waals surface area contributed by atoms with Crippen LogP contribution in [0.1, 0.15) is 119 Å². The lowest BCUT2D eigenvalue weighted by Crippen LogP contribution is -2.42. The van der Waals surface area contributed by atoms with E-state index in [0.717, 1.165) is 116 Å². The number of halogens is 1. The number of carboxylic acids is 1. The molecule has 6 aliphatic heterocycles. The van der Waals surface area contributed by atoms with Crippen molar-refractivity contribution in [3.63, 3.8) is 0 Å². The number of ether oxygens (including phenoxy) is 1. The van der Waals surface area contributed by atoms with E-state index in [0.29, 0.717) is 38.0 Å². The van der Waals surface area contributed by atoms with Crippen LogP contribution in [-0.4, -0.2) is 144 Å². The summed E-state index contributed by atoms with van der Waals surface area (Å²) in [5.41, 5.74) is 9.91. The molecule has 0 aliphatic carbocycles. The van der Waals surface area contributed by atoms with Crippen LogP contribution in [0.5, 0.6) is 0 Å². The molecule has 3 unspecified atom stereocenters. The smallest absolute Gasteiger partial charge is 0.410 e. The van der Waals surface area contributed by atoms with E-state index in [1.807, 2.05) is 149 Å². The van der Waals surface area contributed by atoms with Gasteiger partial charge in [0.15, 0.2) is 11.2 Å². The Morgan fingerprint density at radius 2 is 1.13 bits per heavy atom. The Balaban J connectivity index is 0.000000139. The number of hydrazone groups is 3. The van der Waals surface area contributed by atoms with Gasteiger partial charge < -0.3 is 39.2 Å². The Morgan fingerprint density at radius 3 is 1.62 bits per heavy atom. The summed E-state index contributed by atoms with van der Waals surface area (Å²) >= 11 is 5.51. The van der Waals surface area contributed by atoms with Gasteiger partial charge in [0.05, 0.1) is 24.0 Å². The number of para-hydroxylation sites is 4. The number of aromatic nitrogens is 6. The number of nitrogens with zero attached hydrogens (tertiary/aromatic N) is 13. The topological polar surface area (TPSA) is 293 Å². The number of benzene rings is 2. The Bertz CT molecular complexity index is 3740. The van der Waals surface area contributed by atoms with Gasteiger partial charge in [-0.1, -0.05) is 54.6 Å². The molecule has 3 atom stereocenters. The second kappa shape index (κ2) is 34.6. The Labute approximate surface area is 550 Å². The van der Waals surface area contributed by atoms with Crippen LogP contribution in [0.2, 0.25) is 5.35 Å². The van der Waals surface area contributed by atoms with Gasteiger partial charge in [-0.25, -0.2) is 14.8 Å². The van der Waals surface area contributed by atoms with Crippen molar-refractivity contribution in [2.75, 3.05) is 44.2 Å². The van der Waals surface area contributed by atoms with Crippen molar-refractivity contribution in [2.45, 2.75) is 102 Å². The molecule has 0 saturated carbocycles. The number of fused-ring (bicyclic) bond motifs is 2. The van der Waals surface area contributed by atoms with Crippen LogP contribution >= 0.6 is 11.6 Å². The van der Waals surface area contributed by atoms with Gasteiger partial charge in [-0.05, 0) is 161 Å². The molecule has 3 amide bonds. The van der Waals surface area contributed by atoms with Gasteiger partial charge in [-0.2, -0.15) is 25.3 Å². The van der Waals surface area contributed by atoms with E-state index >= 15 is 0 Å². The molecule has 14 rings (SSSR count). The summed E-state index contributed by atoms with van der Waals surface area (Å²) in [5.74, 6) is -0.767. The summed E-state index contributed by atoms with van der Waals surface area (Å²) in [6.45, 7) is 9.71. The summed E-state index contributed by atoms with van der Waals surface area (Å²) in [6.07, 6.45) is 30.1. The fraction of sp³-hybridized carbons (Fsp3) is 0.362. The fourth-order valence-electron chi connectivity index (χ4n) is 11.0. The van der Waals surface area contributed by atoms with Gasteiger partial charge in [0.1, 0.15) is 22.9 Å². The molecule has 94 heavy (non-hydrogen) atoms. The number of hydrogen-bond acceptors (Lipinski definition) is 20. The first-order valence-corrected chi connectivity index (χ1v) is 31.8. The van der Waals surface area contributed by atoms with Crippen molar-refractivity contribution in [1.29, 1.82) is 0 Å². The number of likely N-dealkylation sites (tertiary alicyclic amines) is 1. The normalized spacial score (nSPS) is 18.7. The minimum atomic E-state index is -0.774. The van der Waals surface area contributed by atoms with Gasteiger partial charge in [0.25, 0.3) is 11.4 Å². The fourth-order valence-corrected chi connectivity index (χ4v) is 11.1. The summed E-state index contributed by atoms with van der Waals surface area (Å²) in [6, 6.07) is 31.7. The van der Waals surface area contributed by atoms with Gasteiger partial charge in [0.2, 0.25) is 11.8 Å². The van der Waals surface area contributed by atoms with E-state index in [1.165, 1.54) is 11.6 Å². The van der Waals surface area contributed by atoms with Gasteiger partial charge in [-0.3, -0.25) is 39.1 Å². The quantitative estimate of drug-likeness (QED) is 0.0893. The number of piperidine rings is 3. The molecule has 3 N–H and O–H groups in total. The number of carbonyl (C=O) groups excluding carboxylic acids is 4. The molecule has 0 spiro atoms. The zero-order valence-corrected chi connectivity index (χ0v) is 53.6. The number of aliphatic carboxylic acids is 1. The number of rotatable bonds is 9. The van der Waals surface area contributed by atoms with Crippen LogP contribution in [0.15, 0.2) is 177 Å². The molecule has 6 aliphatic rings. The van der Waals surface area contributed by atoms with E-state index in [-0.39, 0.29) is 53.1 Å². The molecule has 2 aromatic carbocycles. The van der Waals surface area contributed by atoms with Crippen LogP contribution in [0.25, 0.3) is 28.3 Å². The third-order valence-corrected chi connectivity index (χ3v) is 16.1. The van der Waals surface area contributed by atoms with Crippen LogP contribution in [0.3, 0.4) is 0 Å². The lowest BCUT2D eigenvalue weighted by molar-refractivity contribution is -0.143. The SMILES string of the molecule is C1=NNC(c2cccnc2)C1.CC(C)(C)OC(=O)N1CCC(C(=O)O)CC1.Clc1nc2ccccc2o1.O=C(C1CCN(c2nc3ccccc3o2)CC1)N1N=CCC1c1cccnc1.O=C(C1CCNCC1)N1N=CCC1c1cccnc1.O=C/C=C/c1cccnc1. The molecule has 3 saturated heterocycles. The largest absolute Gasteiger partial charge is 0.481 e.